The Labute approximate surface area is 201 Å². The van der Waals surface area contributed by atoms with Gasteiger partial charge in [0.1, 0.15) is 21.3 Å². The zero-order valence-corrected chi connectivity index (χ0v) is 20.1. The third-order valence-electron chi connectivity index (χ3n) is 5.96. The molecule has 0 radical (unpaired) electrons. The lowest BCUT2D eigenvalue weighted by Crippen LogP contribution is -2.21. The largest absolute Gasteiger partial charge is 0.746 e. The van der Waals surface area contributed by atoms with Gasteiger partial charge in [0.15, 0.2) is 0 Å². The van der Waals surface area contributed by atoms with Gasteiger partial charge < -0.3 is 9.12 Å². The van der Waals surface area contributed by atoms with Crippen molar-refractivity contribution in [1.29, 1.82) is 0 Å². The van der Waals surface area contributed by atoms with Gasteiger partial charge in [0.25, 0.3) is 0 Å². The Morgan fingerprint density at radius 3 is 1.82 bits per heavy atom. The lowest BCUT2D eigenvalue weighted by atomic mass is 10.0. The summed E-state index contributed by atoms with van der Waals surface area (Å²) in [4.78, 5) is 4.97. The van der Waals surface area contributed by atoms with Crippen molar-refractivity contribution in [1.82, 2.24) is 9.55 Å². The fourth-order valence-electron chi connectivity index (χ4n) is 4.32. The lowest BCUT2D eigenvalue weighted by molar-refractivity contribution is 0.415. The smallest absolute Gasteiger partial charge is 0.142 e. The molecule has 0 aliphatic heterocycles. The van der Waals surface area contributed by atoms with Gasteiger partial charge in [-0.25, -0.2) is 13.4 Å². The first-order valence-electron chi connectivity index (χ1n) is 11.7. The van der Waals surface area contributed by atoms with Gasteiger partial charge in [-0.05, 0) is 6.42 Å². The van der Waals surface area contributed by atoms with E-state index >= 15 is 0 Å². The zero-order chi connectivity index (χ0) is 24.0. The highest BCUT2D eigenvalue weighted by molar-refractivity contribution is 7.85. The van der Waals surface area contributed by atoms with Crippen molar-refractivity contribution < 1.29 is 13.0 Å². The predicted molar refractivity (Wildman–Crippen MR) is 136 cm³/mol. The third kappa shape index (κ3) is 5.29. The fourth-order valence-corrected chi connectivity index (χ4v) is 5.24. The van der Waals surface area contributed by atoms with E-state index in [4.69, 9.17) is 4.98 Å². The molecule has 4 rings (SSSR count). The van der Waals surface area contributed by atoms with Crippen molar-refractivity contribution in [3.63, 3.8) is 0 Å². The monoisotopic (exact) mass is 473 g/mol. The topological polar surface area (TPSA) is 75.0 Å². The third-order valence-corrected chi connectivity index (χ3v) is 7.08. The van der Waals surface area contributed by atoms with Gasteiger partial charge in [-0.15, -0.1) is 0 Å². The Hall–Kier alpha value is -3.22. The van der Waals surface area contributed by atoms with Crippen LogP contribution in [-0.2, 0) is 10.1 Å². The average molecular weight is 474 g/mol. The van der Waals surface area contributed by atoms with Crippen LogP contribution in [0.3, 0.4) is 0 Å². The number of hydrogen-bond acceptors (Lipinski definition) is 4. The van der Waals surface area contributed by atoms with Crippen molar-refractivity contribution in [2.24, 2.45) is 0 Å². The van der Waals surface area contributed by atoms with Crippen molar-refractivity contribution in [3.05, 3.63) is 91.0 Å². The van der Waals surface area contributed by atoms with Gasteiger partial charge >= 0.3 is 0 Å². The Balaban J connectivity index is 2.01. The molecule has 0 saturated heterocycles. The molecule has 0 N–H and O–H groups in total. The fraction of sp³-hybridized carbons (Fsp3) is 0.250. The predicted octanol–water partition coefficient (Wildman–Crippen LogP) is 6.90. The number of hydrogen-bond donors (Lipinski definition) is 0. The Morgan fingerprint density at radius 2 is 1.29 bits per heavy atom. The minimum Gasteiger partial charge on any atom is -0.746 e. The van der Waals surface area contributed by atoms with Crippen LogP contribution in [0.15, 0.2) is 91.0 Å². The van der Waals surface area contributed by atoms with Gasteiger partial charge in [0.05, 0.1) is 11.4 Å². The van der Waals surface area contributed by atoms with E-state index < -0.39 is 15.5 Å². The number of imidazole rings is 1. The van der Waals surface area contributed by atoms with Crippen LogP contribution in [0.25, 0.3) is 33.9 Å². The second kappa shape index (κ2) is 10.8. The molecule has 1 unspecified atom stereocenters. The number of benzene rings is 3. The molecule has 1 heterocycles. The molecule has 3 aromatic carbocycles. The molecule has 1 aromatic heterocycles. The Kier molecular flexibility index (Phi) is 7.60. The molecule has 4 aromatic rings. The molecule has 176 valence electrons. The van der Waals surface area contributed by atoms with Crippen molar-refractivity contribution in [2.45, 2.75) is 44.4 Å². The maximum absolute atomic E-state index is 12.7. The maximum Gasteiger partial charge on any atom is 0.142 e. The molecule has 34 heavy (non-hydrogen) atoms. The summed E-state index contributed by atoms with van der Waals surface area (Å²) in [6.45, 7) is 2.10. The molecule has 1 atom stereocenters. The van der Waals surface area contributed by atoms with Crippen LogP contribution >= 0.6 is 0 Å². The number of nitrogens with zero attached hydrogens (tertiary/aromatic N) is 2. The zero-order valence-electron chi connectivity index (χ0n) is 19.3. The number of aromatic nitrogens is 2. The van der Waals surface area contributed by atoms with Gasteiger partial charge in [0.2, 0.25) is 0 Å². The molecular formula is C28H29N2O3S-. The average Bonchev–Trinajstić information content (AvgIpc) is 3.25. The lowest BCUT2D eigenvalue weighted by Gasteiger charge is -2.26. The van der Waals surface area contributed by atoms with Crippen LogP contribution in [0.4, 0.5) is 0 Å². The minimum absolute atomic E-state index is 0.246. The maximum atomic E-state index is 12.7. The van der Waals surface area contributed by atoms with Crippen LogP contribution in [-0.4, -0.2) is 22.5 Å². The second-order valence-corrected chi connectivity index (χ2v) is 9.93. The van der Waals surface area contributed by atoms with E-state index in [0.717, 1.165) is 36.0 Å². The van der Waals surface area contributed by atoms with E-state index in [9.17, 15) is 13.0 Å². The van der Waals surface area contributed by atoms with E-state index in [0.29, 0.717) is 23.6 Å². The van der Waals surface area contributed by atoms with E-state index in [2.05, 4.69) is 6.92 Å². The standard InChI is InChI=1S/C28H30N2O3S/c1-2-3-4-14-21-25(34(31,32)33)30-27(23-17-10-6-11-18-23)26(22-15-8-5-9-16-22)29-28(30)24-19-12-7-13-20-24/h5-13,15-20,25H,2-4,14,21H2,1H3,(H,31,32,33)/p-1. The van der Waals surface area contributed by atoms with E-state index in [1.165, 1.54) is 0 Å². The highest BCUT2D eigenvalue weighted by Gasteiger charge is 2.29. The molecule has 0 bridgehead atoms. The van der Waals surface area contributed by atoms with Crippen LogP contribution < -0.4 is 0 Å². The molecule has 0 amide bonds. The number of unbranched alkanes of at least 4 members (excludes halogenated alkanes) is 3. The quantitative estimate of drug-likeness (QED) is 0.185. The highest BCUT2D eigenvalue weighted by Crippen LogP contribution is 2.40. The van der Waals surface area contributed by atoms with Crippen LogP contribution in [0.1, 0.15) is 44.4 Å². The molecule has 0 saturated carbocycles. The molecular weight excluding hydrogens is 444 g/mol. The van der Waals surface area contributed by atoms with Crippen LogP contribution in [0, 0.1) is 0 Å². The van der Waals surface area contributed by atoms with Crippen molar-refractivity contribution >= 4 is 10.1 Å². The van der Waals surface area contributed by atoms with E-state index in [1.54, 1.807) is 4.57 Å². The summed E-state index contributed by atoms with van der Waals surface area (Å²) in [5, 5.41) is -1.25. The van der Waals surface area contributed by atoms with Gasteiger partial charge in [-0.3, -0.25) is 0 Å². The normalized spacial score (nSPS) is 12.5. The molecule has 6 heteroatoms. The van der Waals surface area contributed by atoms with Gasteiger partial charge in [-0.1, -0.05) is 124 Å². The first kappa shape index (κ1) is 23.9. The van der Waals surface area contributed by atoms with Crippen LogP contribution in [0.2, 0.25) is 0 Å². The van der Waals surface area contributed by atoms with Crippen LogP contribution in [0.5, 0.6) is 0 Å². The Morgan fingerprint density at radius 1 is 0.765 bits per heavy atom. The highest BCUT2D eigenvalue weighted by atomic mass is 32.2. The van der Waals surface area contributed by atoms with Gasteiger partial charge in [-0.2, -0.15) is 0 Å². The summed E-state index contributed by atoms with van der Waals surface area (Å²) in [5.41, 5.74) is 3.76. The minimum atomic E-state index is -4.66. The molecule has 0 fully saturated rings. The second-order valence-electron chi connectivity index (χ2n) is 8.40. The summed E-state index contributed by atoms with van der Waals surface area (Å²) in [6, 6.07) is 28.8. The van der Waals surface area contributed by atoms with Gasteiger partial charge in [0, 0.05) is 16.7 Å². The first-order valence-corrected chi connectivity index (χ1v) is 13.2. The molecule has 0 spiro atoms. The molecule has 0 aliphatic carbocycles. The summed E-state index contributed by atoms with van der Waals surface area (Å²) >= 11 is 0. The summed E-state index contributed by atoms with van der Waals surface area (Å²) in [7, 11) is -4.66. The number of rotatable bonds is 10. The SMILES string of the molecule is CCCCCCC(n1c(-c2ccccc2)nc(-c2ccccc2)c1-c1ccccc1)S(=O)(=O)[O-]. The molecule has 5 nitrogen and oxygen atoms in total. The van der Waals surface area contributed by atoms with Crippen molar-refractivity contribution in [3.8, 4) is 33.9 Å². The first-order chi connectivity index (χ1) is 16.5. The summed E-state index contributed by atoms with van der Waals surface area (Å²) in [5.74, 6) is 0.484. The Bertz CT molecular complexity index is 1300. The summed E-state index contributed by atoms with van der Waals surface area (Å²) in [6.07, 6.45) is 3.81. The molecule has 0 aliphatic rings. The van der Waals surface area contributed by atoms with E-state index in [-0.39, 0.29) is 6.42 Å². The van der Waals surface area contributed by atoms with Crippen molar-refractivity contribution in [2.75, 3.05) is 0 Å². The summed E-state index contributed by atoms with van der Waals surface area (Å²) < 4.78 is 39.8. The van der Waals surface area contributed by atoms with E-state index in [1.807, 2.05) is 91.0 Å².